The van der Waals surface area contributed by atoms with Crippen molar-refractivity contribution in [1.29, 1.82) is 0 Å². The van der Waals surface area contributed by atoms with Gasteiger partial charge in [0, 0.05) is 11.1 Å². The van der Waals surface area contributed by atoms with Crippen molar-refractivity contribution < 1.29 is 14.3 Å². The third-order valence-electron chi connectivity index (χ3n) is 3.60. The fourth-order valence-electron chi connectivity index (χ4n) is 2.50. The van der Waals surface area contributed by atoms with Crippen LogP contribution in [-0.4, -0.2) is 36.5 Å². The van der Waals surface area contributed by atoms with Crippen LogP contribution in [0.5, 0.6) is 0 Å². The van der Waals surface area contributed by atoms with Crippen molar-refractivity contribution in [2.24, 2.45) is 0 Å². The maximum absolute atomic E-state index is 12.8. The van der Waals surface area contributed by atoms with E-state index in [9.17, 15) is 9.59 Å². The largest absolute Gasteiger partial charge is 0.450 e. The molecule has 0 aliphatic carbocycles. The maximum atomic E-state index is 12.8. The lowest BCUT2D eigenvalue weighted by Gasteiger charge is -2.29. The third kappa shape index (κ3) is 3.83. The molecule has 1 aliphatic rings. The molecule has 124 valence electrons. The molecule has 0 aromatic carbocycles. The molecule has 1 amide bonds. The molecule has 2 aromatic heterocycles. The Morgan fingerprint density at radius 2 is 1.67 bits per heavy atom. The molecule has 0 unspecified atom stereocenters. The summed E-state index contributed by atoms with van der Waals surface area (Å²) in [6.45, 7) is 2.64. The molecule has 3 heterocycles. The second-order valence-corrected chi connectivity index (χ2v) is 6.90. The lowest BCUT2D eigenvalue weighted by atomic mass is 9.95. The number of hydrogen-bond donors (Lipinski definition) is 0. The minimum Gasteiger partial charge on any atom is -0.450 e. The number of amides is 1. The SMILES string of the molecule is CCOC(=O)N1C/C(=C/c2ccsc2)C(=O)/C(=C/c2ccsc2)C1. The van der Waals surface area contributed by atoms with Crippen LogP contribution in [0.15, 0.2) is 44.8 Å². The molecule has 0 spiro atoms. The molecule has 3 rings (SSSR count). The number of thiophene rings is 2. The number of piperidine rings is 1. The summed E-state index contributed by atoms with van der Waals surface area (Å²) in [5.74, 6) is -0.00653. The Labute approximate surface area is 148 Å². The fourth-order valence-corrected chi connectivity index (χ4v) is 3.74. The first-order valence-corrected chi connectivity index (χ1v) is 9.48. The van der Waals surface area contributed by atoms with Crippen LogP contribution in [0, 0.1) is 0 Å². The summed E-state index contributed by atoms with van der Waals surface area (Å²) in [4.78, 5) is 26.5. The molecule has 0 bridgehead atoms. The van der Waals surface area contributed by atoms with E-state index in [0.29, 0.717) is 17.8 Å². The van der Waals surface area contributed by atoms with Gasteiger partial charge in [-0.3, -0.25) is 9.69 Å². The average molecular weight is 359 g/mol. The van der Waals surface area contributed by atoms with Gasteiger partial charge in [0.15, 0.2) is 5.78 Å². The number of carbonyl (C=O) groups excluding carboxylic acids is 2. The predicted molar refractivity (Wildman–Crippen MR) is 98.2 cm³/mol. The Bertz CT molecular complexity index is 717. The van der Waals surface area contributed by atoms with Crippen LogP contribution in [0.2, 0.25) is 0 Å². The maximum Gasteiger partial charge on any atom is 0.410 e. The summed E-state index contributed by atoms with van der Waals surface area (Å²) < 4.78 is 5.11. The smallest absolute Gasteiger partial charge is 0.410 e. The predicted octanol–water partition coefficient (Wildman–Crippen LogP) is 4.32. The highest BCUT2D eigenvalue weighted by atomic mass is 32.1. The summed E-state index contributed by atoms with van der Waals surface area (Å²) >= 11 is 3.15. The van der Waals surface area contributed by atoms with Crippen molar-refractivity contribution >= 4 is 46.7 Å². The first-order valence-electron chi connectivity index (χ1n) is 7.59. The second-order valence-electron chi connectivity index (χ2n) is 5.34. The number of ether oxygens (including phenoxy) is 1. The average Bonchev–Trinajstić information content (AvgIpc) is 3.25. The zero-order chi connectivity index (χ0) is 16.9. The molecule has 6 heteroatoms. The van der Waals surface area contributed by atoms with Crippen LogP contribution < -0.4 is 0 Å². The van der Waals surface area contributed by atoms with Crippen LogP contribution in [0.3, 0.4) is 0 Å². The summed E-state index contributed by atoms with van der Waals surface area (Å²) in [6.07, 6.45) is 3.31. The van der Waals surface area contributed by atoms with Crippen LogP contribution in [0.25, 0.3) is 12.2 Å². The molecule has 1 aliphatic heterocycles. The van der Waals surface area contributed by atoms with Gasteiger partial charge in [-0.1, -0.05) is 0 Å². The Kier molecular flexibility index (Phi) is 5.27. The first-order chi connectivity index (χ1) is 11.7. The molecular formula is C18H17NO3S2. The minimum absolute atomic E-state index is 0.00653. The Hall–Kier alpha value is -2.18. The van der Waals surface area contributed by atoms with E-state index in [-0.39, 0.29) is 18.9 Å². The van der Waals surface area contributed by atoms with Crippen molar-refractivity contribution in [3.05, 3.63) is 55.9 Å². The zero-order valence-electron chi connectivity index (χ0n) is 13.2. The fraction of sp³-hybridized carbons (Fsp3) is 0.222. The van der Waals surface area contributed by atoms with E-state index in [2.05, 4.69) is 0 Å². The van der Waals surface area contributed by atoms with Gasteiger partial charge >= 0.3 is 6.09 Å². The van der Waals surface area contributed by atoms with E-state index >= 15 is 0 Å². The zero-order valence-corrected chi connectivity index (χ0v) is 14.9. The lowest BCUT2D eigenvalue weighted by Crippen LogP contribution is -2.41. The molecule has 24 heavy (non-hydrogen) atoms. The Balaban J connectivity index is 1.93. The first kappa shape index (κ1) is 16.7. The summed E-state index contributed by atoms with van der Waals surface area (Å²) in [5, 5.41) is 7.88. The second kappa shape index (κ2) is 7.59. The molecule has 2 aromatic rings. The van der Waals surface area contributed by atoms with E-state index < -0.39 is 6.09 Å². The molecular weight excluding hydrogens is 342 g/mol. The van der Waals surface area contributed by atoms with Crippen molar-refractivity contribution in [3.8, 4) is 0 Å². The number of rotatable bonds is 3. The molecule has 0 saturated carbocycles. The molecule has 4 nitrogen and oxygen atoms in total. The number of ketones is 1. The lowest BCUT2D eigenvalue weighted by molar-refractivity contribution is -0.113. The highest BCUT2D eigenvalue weighted by Crippen LogP contribution is 2.23. The normalized spacial score (nSPS) is 18.4. The number of hydrogen-bond acceptors (Lipinski definition) is 5. The highest BCUT2D eigenvalue weighted by molar-refractivity contribution is 7.08. The van der Waals surface area contributed by atoms with Gasteiger partial charge in [0.05, 0.1) is 19.7 Å². The number of carbonyl (C=O) groups is 2. The molecule has 0 radical (unpaired) electrons. The van der Waals surface area contributed by atoms with Crippen LogP contribution in [0.1, 0.15) is 18.1 Å². The van der Waals surface area contributed by atoms with Crippen molar-refractivity contribution in [3.63, 3.8) is 0 Å². The van der Waals surface area contributed by atoms with Gasteiger partial charge in [-0.2, -0.15) is 22.7 Å². The monoisotopic (exact) mass is 359 g/mol. The van der Waals surface area contributed by atoms with E-state index in [0.717, 1.165) is 11.1 Å². The van der Waals surface area contributed by atoms with Gasteiger partial charge in [-0.25, -0.2) is 4.79 Å². The van der Waals surface area contributed by atoms with E-state index in [1.54, 1.807) is 34.5 Å². The van der Waals surface area contributed by atoms with Crippen molar-refractivity contribution in [1.82, 2.24) is 4.90 Å². The van der Waals surface area contributed by atoms with Crippen LogP contribution in [-0.2, 0) is 9.53 Å². The Morgan fingerprint density at radius 1 is 1.12 bits per heavy atom. The topological polar surface area (TPSA) is 46.6 Å². The number of Topliss-reactive ketones (excluding diaryl/α,β-unsaturated/α-hetero) is 1. The number of likely N-dealkylation sites (tertiary alicyclic amines) is 1. The highest BCUT2D eigenvalue weighted by Gasteiger charge is 2.29. The van der Waals surface area contributed by atoms with E-state index in [1.165, 1.54) is 0 Å². The number of nitrogens with zero attached hydrogens (tertiary/aromatic N) is 1. The van der Waals surface area contributed by atoms with E-state index in [1.807, 2.05) is 45.8 Å². The van der Waals surface area contributed by atoms with Gasteiger partial charge in [0.1, 0.15) is 0 Å². The summed E-state index contributed by atoms with van der Waals surface area (Å²) in [7, 11) is 0. The van der Waals surface area contributed by atoms with Gasteiger partial charge in [-0.05, 0) is 63.9 Å². The van der Waals surface area contributed by atoms with Gasteiger partial charge in [-0.15, -0.1) is 0 Å². The van der Waals surface area contributed by atoms with Gasteiger partial charge in [0.25, 0.3) is 0 Å². The van der Waals surface area contributed by atoms with Crippen LogP contribution >= 0.6 is 22.7 Å². The molecule has 1 saturated heterocycles. The quantitative estimate of drug-likeness (QED) is 0.767. The summed E-state index contributed by atoms with van der Waals surface area (Å²) in [5.41, 5.74) is 3.16. The Morgan fingerprint density at radius 3 is 2.08 bits per heavy atom. The van der Waals surface area contributed by atoms with E-state index in [4.69, 9.17) is 4.74 Å². The minimum atomic E-state index is -0.391. The molecule has 1 fully saturated rings. The van der Waals surface area contributed by atoms with Crippen molar-refractivity contribution in [2.75, 3.05) is 19.7 Å². The summed E-state index contributed by atoms with van der Waals surface area (Å²) in [6, 6.07) is 3.91. The molecule has 0 atom stereocenters. The third-order valence-corrected chi connectivity index (χ3v) is 5.00. The van der Waals surface area contributed by atoms with Crippen molar-refractivity contribution in [2.45, 2.75) is 6.92 Å². The van der Waals surface area contributed by atoms with Crippen LogP contribution in [0.4, 0.5) is 4.79 Å². The van der Waals surface area contributed by atoms with Gasteiger partial charge < -0.3 is 4.74 Å². The van der Waals surface area contributed by atoms with Gasteiger partial charge in [0.2, 0.25) is 0 Å². The molecule has 0 N–H and O–H groups in total. The standard InChI is InChI=1S/C18H17NO3S2/c1-2-22-18(21)19-9-15(7-13-3-5-23-11-13)17(20)16(10-19)8-14-4-6-24-12-14/h3-8,11-12H,2,9-10H2,1H3/b15-7-,16-8+.